The molecule has 0 rings (SSSR count). The summed E-state index contributed by atoms with van der Waals surface area (Å²) in [7, 11) is -3.72. The minimum absolute atomic E-state index is 0.0922. The van der Waals surface area contributed by atoms with Crippen molar-refractivity contribution >= 4 is 10.1 Å². The van der Waals surface area contributed by atoms with Gasteiger partial charge in [-0.3, -0.25) is 4.55 Å². The number of hydrogen-bond donors (Lipinski definition) is 2. The summed E-state index contributed by atoms with van der Waals surface area (Å²) in [6.07, 6.45) is 7.29. The molecule has 0 fully saturated rings. The summed E-state index contributed by atoms with van der Waals surface area (Å²) in [6, 6.07) is 0. The van der Waals surface area contributed by atoms with Crippen molar-refractivity contribution in [2.75, 3.05) is 18.8 Å². The maximum atomic E-state index is 10.3. The van der Waals surface area contributed by atoms with Crippen LogP contribution in [0.25, 0.3) is 0 Å². The van der Waals surface area contributed by atoms with Gasteiger partial charge in [0.2, 0.25) is 0 Å². The second-order valence-corrected chi connectivity index (χ2v) is 6.34. The van der Waals surface area contributed by atoms with Crippen LogP contribution in [0.4, 0.5) is 0 Å². The standard InChI is InChI=1S/C8H18O3S.C6H11N/c1-8(2)6-4-3-5-7-12(9,10)11;1-3-5-7-6-4-2/h8H,3-7H2,1-2H3,(H,9,10,11);3-4,7H,1-2,5-6H2. The third kappa shape index (κ3) is 26.8. The van der Waals surface area contributed by atoms with E-state index < -0.39 is 10.1 Å². The van der Waals surface area contributed by atoms with Gasteiger partial charge >= 0.3 is 0 Å². The van der Waals surface area contributed by atoms with Gasteiger partial charge in [-0.2, -0.15) is 8.42 Å². The van der Waals surface area contributed by atoms with Gasteiger partial charge in [-0.15, -0.1) is 13.2 Å². The van der Waals surface area contributed by atoms with Crippen LogP contribution in [0.1, 0.15) is 39.5 Å². The molecular formula is C14H29NO3S. The second kappa shape index (κ2) is 13.8. The van der Waals surface area contributed by atoms with Gasteiger partial charge in [0, 0.05) is 13.1 Å². The number of rotatable bonds is 10. The summed E-state index contributed by atoms with van der Waals surface area (Å²) in [5.74, 6) is 0.584. The predicted molar refractivity (Wildman–Crippen MR) is 83.0 cm³/mol. The van der Waals surface area contributed by atoms with Crippen molar-refractivity contribution in [3.63, 3.8) is 0 Å². The fourth-order valence-electron chi connectivity index (χ4n) is 1.30. The van der Waals surface area contributed by atoms with Gasteiger partial charge in [-0.05, 0) is 12.3 Å². The summed E-state index contributed by atoms with van der Waals surface area (Å²) in [5, 5.41) is 3.05. The molecule has 5 heteroatoms. The van der Waals surface area contributed by atoms with E-state index in [0.29, 0.717) is 12.3 Å². The predicted octanol–water partition coefficient (Wildman–Crippen LogP) is 3.04. The maximum absolute atomic E-state index is 10.3. The molecule has 0 saturated heterocycles. The lowest BCUT2D eigenvalue weighted by Crippen LogP contribution is -2.11. The van der Waals surface area contributed by atoms with Crippen molar-refractivity contribution in [2.24, 2.45) is 5.92 Å². The van der Waals surface area contributed by atoms with E-state index in [1.165, 1.54) is 0 Å². The van der Waals surface area contributed by atoms with E-state index >= 15 is 0 Å². The Morgan fingerprint density at radius 1 is 1.11 bits per heavy atom. The zero-order valence-electron chi connectivity index (χ0n) is 12.3. The zero-order valence-corrected chi connectivity index (χ0v) is 13.1. The molecule has 0 aliphatic rings. The van der Waals surface area contributed by atoms with Crippen LogP contribution in [-0.4, -0.2) is 31.8 Å². The Bertz CT molecular complexity index is 303. The Morgan fingerprint density at radius 3 is 2.00 bits per heavy atom. The third-order valence-corrected chi connectivity index (χ3v) is 3.07. The Morgan fingerprint density at radius 2 is 1.63 bits per heavy atom. The lowest BCUT2D eigenvalue weighted by molar-refractivity contribution is 0.476. The van der Waals surface area contributed by atoms with E-state index in [-0.39, 0.29) is 5.75 Å². The summed E-state index contributed by atoms with van der Waals surface area (Å²) in [5.41, 5.74) is 0. The number of nitrogens with one attached hydrogen (secondary N) is 1. The first kappa shape index (κ1) is 20.7. The maximum Gasteiger partial charge on any atom is 0.264 e. The average molecular weight is 291 g/mol. The molecule has 4 nitrogen and oxygen atoms in total. The van der Waals surface area contributed by atoms with Gasteiger partial charge in [0.25, 0.3) is 10.1 Å². The lowest BCUT2D eigenvalue weighted by Gasteiger charge is -2.02. The van der Waals surface area contributed by atoms with Crippen molar-refractivity contribution in [1.29, 1.82) is 0 Å². The van der Waals surface area contributed by atoms with Crippen LogP contribution in [0.3, 0.4) is 0 Å². The van der Waals surface area contributed by atoms with E-state index in [0.717, 1.165) is 32.4 Å². The van der Waals surface area contributed by atoms with Gasteiger partial charge in [-0.25, -0.2) is 0 Å². The first-order chi connectivity index (χ1) is 8.83. The van der Waals surface area contributed by atoms with Crippen LogP contribution < -0.4 is 5.32 Å². The van der Waals surface area contributed by atoms with E-state index in [1.54, 1.807) is 0 Å². The quantitative estimate of drug-likeness (QED) is 0.369. The molecule has 0 aromatic carbocycles. The van der Waals surface area contributed by atoms with E-state index in [2.05, 4.69) is 32.3 Å². The first-order valence-electron chi connectivity index (χ1n) is 6.71. The van der Waals surface area contributed by atoms with Crippen LogP contribution in [0.15, 0.2) is 25.3 Å². The molecule has 0 bridgehead atoms. The monoisotopic (exact) mass is 291 g/mol. The highest BCUT2D eigenvalue weighted by Gasteiger charge is 2.03. The third-order valence-electron chi connectivity index (χ3n) is 2.26. The van der Waals surface area contributed by atoms with Crippen LogP contribution in [0.2, 0.25) is 0 Å². The summed E-state index contributed by atoms with van der Waals surface area (Å²) in [6.45, 7) is 13.1. The molecule has 0 heterocycles. The van der Waals surface area contributed by atoms with Gasteiger partial charge in [-0.1, -0.05) is 45.3 Å². The topological polar surface area (TPSA) is 66.4 Å². The SMILES string of the molecule is C=CCNCC=C.CC(C)CCCCCS(=O)(=O)O. The summed E-state index contributed by atoms with van der Waals surface area (Å²) < 4.78 is 29.0. The Balaban J connectivity index is 0. The molecule has 0 saturated carbocycles. The number of hydrogen-bond acceptors (Lipinski definition) is 3. The van der Waals surface area contributed by atoms with Crippen LogP contribution >= 0.6 is 0 Å². The fraction of sp³-hybridized carbons (Fsp3) is 0.714. The number of unbranched alkanes of at least 4 members (excludes halogenated alkanes) is 2. The van der Waals surface area contributed by atoms with Gasteiger partial charge in [0.15, 0.2) is 0 Å². The molecule has 0 aromatic heterocycles. The summed E-state index contributed by atoms with van der Waals surface area (Å²) >= 11 is 0. The van der Waals surface area contributed by atoms with Crippen molar-refractivity contribution < 1.29 is 13.0 Å². The van der Waals surface area contributed by atoms with E-state index in [1.807, 2.05) is 12.2 Å². The van der Waals surface area contributed by atoms with Gasteiger partial charge in [0.1, 0.15) is 0 Å². The van der Waals surface area contributed by atoms with E-state index in [9.17, 15) is 8.42 Å². The Hall–Kier alpha value is -0.650. The Kier molecular flexibility index (Phi) is 15.0. The largest absolute Gasteiger partial charge is 0.310 e. The second-order valence-electron chi connectivity index (χ2n) is 4.76. The highest BCUT2D eigenvalue weighted by Crippen LogP contribution is 2.08. The lowest BCUT2D eigenvalue weighted by atomic mass is 10.1. The van der Waals surface area contributed by atoms with E-state index in [4.69, 9.17) is 4.55 Å². The first-order valence-corrected chi connectivity index (χ1v) is 8.32. The highest BCUT2D eigenvalue weighted by molar-refractivity contribution is 7.85. The normalized spacial score (nSPS) is 10.7. The minimum Gasteiger partial charge on any atom is -0.310 e. The van der Waals surface area contributed by atoms with Crippen molar-refractivity contribution in [1.82, 2.24) is 5.32 Å². The zero-order chi connectivity index (χ0) is 15.1. The fourth-order valence-corrected chi connectivity index (χ4v) is 1.87. The molecule has 19 heavy (non-hydrogen) atoms. The van der Waals surface area contributed by atoms with Crippen LogP contribution in [0, 0.1) is 5.92 Å². The smallest absolute Gasteiger partial charge is 0.264 e. The average Bonchev–Trinajstić information content (AvgIpc) is 2.28. The molecule has 0 aromatic rings. The highest BCUT2D eigenvalue weighted by atomic mass is 32.2. The molecule has 0 radical (unpaired) electrons. The molecule has 114 valence electrons. The van der Waals surface area contributed by atoms with Crippen molar-refractivity contribution in [3.05, 3.63) is 25.3 Å². The minimum atomic E-state index is -3.72. The van der Waals surface area contributed by atoms with Gasteiger partial charge < -0.3 is 5.32 Å². The molecule has 0 spiro atoms. The van der Waals surface area contributed by atoms with Crippen molar-refractivity contribution in [2.45, 2.75) is 39.5 Å². The molecule has 0 aliphatic carbocycles. The molecule has 0 atom stereocenters. The summed E-state index contributed by atoms with van der Waals surface area (Å²) in [4.78, 5) is 0. The molecule has 0 unspecified atom stereocenters. The molecule has 0 aliphatic heterocycles. The van der Waals surface area contributed by atoms with Crippen LogP contribution in [-0.2, 0) is 10.1 Å². The molecule has 0 amide bonds. The van der Waals surface area contributed by atoms with Crippen LogP contribution in [0.5, 0.6) is 0 Å². The molecule has 2 N–H and O–H groups in total. The Labute approximate surface area is 118 Å². The van der Waals surface area contributed by atoms with Crippen molar-refractivity contribution in [3.8, 4) is 0 Å². The molecular weight excluding hydrogens is 262 g/mol. The van der Waals surface area contributed by atoms with Gasteiger partial charge in [0.05, 0.1) is 5.75 Å².